The fraction of sp³-hybridized carbons (Fsp3) is 1.00. The van der Waals surface area contributed by atoms with Gasteiger partial charge in [-0.05, 0) is 6.92 Å². The number of quaternary nitrogens is 1. The molecule has 0 aromatic heterocycles. The minimum Gasteiger partial charge on any atom is -0.748 e. The lowest BCUT2D eigenvalue weighted by Gasteiger charge is -2.33. The fourth-order valence-corrected chi connectivity index (χ4v) is 2.06. The smallest absolute Gasteiger partial charge is 0.102 e. The van der Waals surface area contributed by atoms with E-state index in [0.717, 1.165) is 13.1 Å². The molecule has 0 saturated heterocycles. The number of nitrogens with zero attached hydrogens (tertiary/aromatic N) is 1. The second-order valence-electron chi connectivity index (χ2n) is 4.60. The molecule has 0 aromatic carbocycles. The van der Waals surface area contributed by atoms with E-state index in [4.69, 9.17) is 9.47 Å². The zero-order valence-electron chi connectivity index (χ0n) is 11.6. The van der Waals surface area contributed by atoms with E-state index in [2.05, 4.69) is 0 Å². The van der Waals surface area contributed by atoms with Crippen molar-refractivity contribution in [1.82, 2.24) is 0 Å². The Hall–Kier alpha value is -0.210. The zero-order chi connectivity index (χ0) is 14.1. The molecule has 0 spiro atoms. The summed E-state index contributed by atoms with van der Waals surface area (Å²) in [4.78, 5) is 0. The van der Waals surface area contributed by atoms with Crippen LogP contribution in [0.2, 0.25) is 0 Å². The van der Waals surface area contributed by atoms with Gasteiger partial charge in [-0.25, -0.2) is 8.42 Å². The summed E-state index contributed by atoms with van der Waals surface area (Å²) < 4.78 is 42.6. The average molecular weight is 283 g/mol. The normalized spacial score (nSPS) is 15.6. The van der Waals surface area contributed by atoms with Crippen molar-refractivity contribution in [2.45, 2.75) is 13.3 Å². The van der Waals surface area contributed by atoms with Crippen LogP contribution in [-0.4, -0.2) is 76.8 Å². The number of hydrogen-bond acceptors (Lipinski definition) is 5. The van der Waals surface area contributed by atoms with Crippen molar-refractivity contribution in [3.8, 4) is 0 Å². The van der Waals surface area contributed by atoms with E-state index >= 15 is 0 Å². The van der Waals surface area contributed by atoms with Crippen molar-refractivity contribution in [3.05, 3.63) is 0 Å². The van der Waals surface area contributed by atoms with Crippen LogP contribution in [0.3, 0.4) is 0 Å². The maximum Gasteiger partial charge on any atom is 0.102 e. The molecule has 0 N–H and O–H groups in total. The molecule has 0 aliphatic rings. The number of hydrogen-bond donors (Lipinski definition) is 0. The number of ether oxygens (including phenoxy) is 2. The van der Waals surface area contributed by atoms with Crippen molar-refractivity contribution >= 4 is 10.1 Å². The highest BCUT2D eigenvalue weighted by molar-refractivity contribution is 7.85. The van der Waals surface area contributed by atoms with Crippen LogP contribution in [0.1, 0.15) is 13.3 Å². The van der Waals surface area contributed by atoms with Crippen LogP contribution >= 0.6 is 0 Å². The molecule has 0 aliphatic heterocycles. The Morgan fingerprint density at radius 3 is 2.33 bits per heavy atom. The fourth-order valence-electron chi connectivity index (χ4n) is 1.58. The topological polar surface area (TPSA) is 75.7 Å². The Kier molecular flexibility index (Phi) is 8.71. The summed E-state index contributed by atoms with van der Waals surface area (Å²) in [5.41, 5.74) is 0. The summed E-state index contributed by atoms with van der Waals surface area (Å²) in [6.07, 6.45) is 0.397. The van der Waals surface area contributed by atoms with Gasteiger partial charge in [-0.15, -0.1) is 0 Å². The molecule has 0 amide bonds. The van der Waals surface area contributed by atoms with Gasteiger partial charge in [0.25, 0.3) is 0 Å². The lowest BCUT2D eigenvalue weighted by molar-refractivity contribution is -0.908. The minimum absolute atomic E-state index is 0.286. The molecular formula is C11H25NO5S. The Labute approximate surface area is 110 Å². The Morgan fingerprint density at radius 2 is 1.83 bits per heavy atom. The van der Waals surface area contributed by atoms with E-state index in [-0.39, 0.29) is 5.75 Å². The molecule has 0 aliphatic carbocycles. The van der Waals surface area contributed by atoms with Gasteiger partial charge >= 0.3 is 0 Å². The first-order chi connectivity index (χ1) is 8.33. The van der Waals surface area contributed by atoms with Gasteiger partial charge in [0.1, 0.15) is 6.54 Å². The van der Waals surface area contributed by atoms with Crippen LogP contribution in [0.4, 0.5) is 0 Å². The van der Waals surface area contributed by atoms with Crippen LogP contribution < -0.4 is 0 Å². The molecule has 0 bridgehead atoms. The predicted molar refractivity (Wildman–Crippen MR) is 68.3 cm³/mol. The van der Waals surface area contributed by atoms with Gasteiger partial charge in [0, 0.05) is 19.3 Å². The molecule has 0 radical (unpaired) electrons. The minimum atomic E-state index is -4.10. The van der Waals surface area contributed by atoms with Gasteiger partial charge < -0.3 is 18.5 Å². The zero-order valence-corrected chi connectivity index (χ0v) is 12.4. The Morgan fingerprint density at radius 1 is 1.17 bits per heavy atom. The monoisotopic (exact) mass is 283 g/mol. The van der Waals surface area contributed by atoms with Gasteiger partial charge in [0.2, 0.25) is 0 Å². The van der Waals surface area contributed by atoms with Gasteiger partial charge in [0.15, 0.2) is 0 Å². The SMILES string of the molecule is CC[N+](C)(CCCS(=O)(=O)[O-])CCOCCOC. The molecule has 7 heteroatoms. The van der Waals surface area contributed by atoms with Crippen LogP contribution in [0.15, 0.2) is 0 Å². The molecule has 6 nitrogen and oxygen atoms in total. The highest BCUT2D eigenvalue weighted by Crippen LogP contribution is 2.04. The van der Waals surface area contributed by atoms with Crippen LogP contribution in [0.25, 0.3) is 0 Å². The Bertz CT molecular complexity index is 307. The summed E-state index contributed by atoms with van der Waals surface area (Å²) in [7, 11) is -0.432. The highest BCUT2D eigenvalue weighted by atomic mass is 32.2. The first kappa shape index (κ1) is 17.8. The van der Waals surface area contributed by atoms with Gasteiger partial charge in [-0.2, -0.15) is 0 Å². The highest BCUT2D eigenvalue weighted by Gasteiger charge is 2.18. The van der Waals surface area contributed by atoms with E-state index < -0.39 is 10.1 Å². The third-order valence-electron chi connectivity index (χ3n) is 3.06. The Balaban J connectivity index is 3.87. The van der Waals surface area contributed by atoms with E-state index in [9.17, 15) is 13.0 Å². The molecule has 0 saturated carbocycles. The van der Waals surface area contributed by atoms with Crippen molar-refractivity contribution in [1.29, 1.82) is 0 Å². The number of methoxy groups -OCH3 is 1. The molecule has 0 aromatic rings. The third-order valence-corrected chi connectivity index (χ3v) is 3.85. The molecule has 0 heterocycles. The van der Waals surface area contributed by atoms with Gasteiger partial charge in [-0.1, -0.05) is 0 Å². The first-order valence-corrected chi connectivity index (χ1v) is 7.74. The van der Waals surface area contributed by atoms with Crippen molar-refractivity contribution in [2.24, 2.45) is 0 Å². The third kappa shape index (κ3) is 9.78. The predicted octanol–water partition coefficient (Wildman–Crippen LogP) is 0.0512. The van der Waals surface area contributed by atoms with Crippen molar-refractivity contribution in [3.63, 3.8) is 0 Å². The summed E-state index contributed by atoms with van der Waals surface area (Å²) >= 11 is 0. The van der Waals surface area contributed by atoms with E-state index in [1.54, 1.807) is 7.11 Å². The molecule has 0 fully saturated rings. The summed E-state index contributed by atoms with van der Waals surface area (Å²) in [5, 5.41) is 0. The standard InChI is InChI=1S/C11H25NO5S/c1-4-12(2,6-5-11-18(13,14)15)7-8-17-10-9-16-3/h4-11H2,1-3H3. The van der Waals surface area contributed by atoms with Gasteiger partial charge in [0.05, 0.1) is 50.1 Å². The summed E-state index contributed by atoms with van der Waals surface area (Å²) in [6, 6.07) is 0. The van der Waals surface area contributed by atoms with Crippen LogP contribution in [0.5, 0.6) is 0 Å². The molecule has 1 unspecified atom stereocenters. The van der Waals surface area contributed by atoms with Crippen molar-refractivity contribution < 1.29 is 26.9 Å². The van der Waals surface area contributed by atoms with Crippen LogP contribution in [0, 0.1) is 0 Å². The van der Waals surface area contributed by atoms with E-state index in [1.807, 2.05) is 14.0 Å². The molecule has 1 atom stereocenters. The first-order valence-electron chi connectivity index (χ1n) is 6.17. The maximum atomic E-state index is 10.5. The number of rotatable bonds is 11. The quantitative estimate of drug-likeness (QED) is 0.304. The van der Waals surface area contributed by atoms with Gasteiger partial charge in [-0.3, -0.25) is 0 Å². The molecule has 110 valence electrons. The van der Waals surface area contributed by atoms with E-state index in [1.165, 1.54) is 0 Å². The maximum absolute atomic E-state index is 10.5. The lowest BCUT2D eigenvalue weighted by atomic mass is 10.3. The molecule has 18 heavy (non-hydrogen) atoms. The molecular weight excluding hydrogens is 258 g/mol. The summed E-state index contributed by atoms with van der Waals surface area (Å²) in [5.74, 6) is -0.286. The molecule has 0 rings (SSSR count). The van der Waals surface area contributed by atoms with Crippen molar-refractivity contribution in [2.75, 3.05) is 59.4 Å². The lowest BCUT2D eigenvalue weighted by Crippen LogP contribution is -2.47. The van der Waals surface area contributed by atoms with E-state index in [0.29, 0.717) is 37.3 Å². The van der Waals surface area contributed by atoms with Crippen LogP contribution in [-0.2, 0) is 19.6 Å². The second kappa shape index (κ2) is 8.82. The second-order valence-corrected chi connectivity index (χ2v) is 6.13. The summed E-state index contributed by atoms with van der Waals surface area (Å²) in [6.45, 7) is 6.15. The average Bonchev–Trinajstić information content (AvgIpc) is 2.27. The largest absolute Gasteiger partial charge is 0.748 e. The number of likely N-dealkylation sites (N-methyl/N-ethyl adjacent to an activating group) is 1.